The lowest BCUT2D eigenvalue weighted by Gasteiger charge is -2.13. The average Bonchev–Trinajstić information content (AvgIpc) is 2.33. The van der Waals surface area contributed by atoms with Crippen molar-refractivity contribution in [3.05, 3.63) is 28.2 Å². The molecule has 0 saturated carbocycles. The van der Waals surface area contributed by atoms with Crippen LogP contribution in [-0.4, -0.2) is 5.91 Å². The van der Waals surface area contributed by atoms with E-state index in [-0.39, 0.29) is 11.8 Å². The van der Waals surface area contributed by atoms with Gasteiger partial charge >= 0.3 is 0 Å². The van der Waals surface area contributed by atoms with E-state index in [1.807, 2.05) is 13.8 Å². The zero-order chi connectivity index (χ0) is 12.8. The molecule has 0 aliphatic carbocycles. The Kier molecular flexibility index (Phi) is 5.17. The summed E-state index contributed by atoms with van der Waals surface area (Å²) in [5.74, 6) is 0.0675. The van der Waals surface area contributed by atoms with Crippen LogP contribution in [0.3, 0.4) is 0 Å². The predicted octanol–water partition coefficient (Wildman–Crippen LogP) is 3.70. The van der Waals surface area contributed by atoms with Gasteiger partial charge in [0.25, 0.3) is 0 Å². The average molecular weight is 295 g/mol. The number of carbonyl (C=O) groups is 1. The molecule has 17 heavy (non-hydrogen) atoms. The van der Waals surface area contributed by atoms with Crippen LogP contribution in [0.5, 0.6) is 0 Å². The van der Waals surface area contributed by atoms with Gasteiger partial charge in [-0.15, -0.1) is 0 Å². The lowest BCUT2D eigenvalue weighted by molar-refractivity contribution is -0.120. The van der Waals surface area contributed by atoms with E-state index in [4.69, 9.17) is 5.26 Å². The van der Waals surface area contributed by atoms with E-state index in [0.29, 0.717) is 11.3 Å². The van der Waals surface area contributed by atoms with Gasteiger partial charge in [-0.05, 0) is 47.0 Å². The Morgan fingerprint density at radius 2 is 2.12 bits per heavy atom. The van der Waals surface area contributed by atoms with Crippen LogP contribution in [0.1, 0.15) is 32.3 Å². The Labute approximate surface area is 110 Å². The highest BCUT2D eigenvalue weighted by Crippen LogP contribution is 2.24. The Morgan fingerprint density at radius 3 is 2.59 bits per heavy atom. The maximum absolute atomic E-state index is 11.9. The number of amides is 1. The summed E-state index contributed by atoms with van der Waals surface area (Å²) < 4.78 is 0.732. The van der Waals surface area contributed by atoms with E-state index in [2.05, 4.69) is 27.3 Å². The van der Waals surface area contributed by atoms with Crippen molar-refractivity contribution >= 4 is 27.5 Å². The molecule has 0 spiro atoms. The van der Waals surface area contributed by atoms with Crippen molar-refractivity contribution < 1.29 is 4.79 Å². The molecule has 0 aliphatic heterocycles. The van der Waals surface area contributed by atoms with Gasteiger partial charge in [0.1, 0.15) is 0 Å². The first-order chi connectivity index (χ1) is 8.12. The summed E-state index contributed by atoms with van der Waals surface area (Å²) in [5, 5.41) is 11.6. The smallest absolute Gasteiger partial charge is 0.227 e. The van der Waals surface area contributed by atoms with Gasteiger partial charge in [-0.2, -0.15) is 5.26 Å². The van der Waals surface area contributed by atoms with Gasteiger partial charge < -0.3 is 5.32 Å². The molecule has 0 aromatic heterocycles. The Balaban J connectivity index is 2.82. The fraction of sp³-hybridized carbons (Fsp3) is 0.385. The van der Waals surface area contributed by atoms with Crippen molar-refractivity contribution in [1.29, 1.82) is 5.26 Å². The Morgan fingerprint density at radius 1 is 1.47 bits per heavy atom. The van der Waals surface area contributed by atoms with Gasteiger partial charge in [0.05, 0.1) is 17.3 Å². The quantitative estimate of drug-likeness (QED) is 0.921. The first-order valence-electron chi connectivity index (χ1n) is 5.62. The number of hydrogen-bond donors (Lipinski definition) is 1. The molecule has 0 bridgehead atoms. The third-order valence-corrected chi connectivity index (χ3v) is 3.37. The molecule has 1 N–H and O–H groups in total. The molecule has 1 aromatic carbocycles. The van der Waals surface area contributed by atoms with Gasteiger partial charge in [-0.1, -0.05) is 13.8 Å². The molecule has 0 saturated heterocycles. The van der Waals surface area contributed by atoms with Crippen LogP contribution in [0.25, 0.3) is 0 Å². The summed E-state index contributed by atoms with van der Waals surface area (Å²) in [6.45, 7) is 4.00. The van der Waals surface area contributed by atoms with Crippen molar-refractivity contribution in [2.45, 2.75) is 26.7 Å². The zero-order valence-electron chi connectivity index (χ0n) is 9.96. The van der Waals surface area contributed by atoms with Crippen LogP contribution in [0, 0.1) is 17.2 Å². The van der Waals surface area contributed by atoms with Crippen LogP contribution >= 0.6 is 15.9 Å². The van der Waals surface area contributed by atoms with Crippen molar-refractivity contribution in [3.8, 4) is 6.07 Å². The molecule has 0 radical (unpaired) electrons. The molecular formula is C13H15BrN2O. The summed E-state index contributed by atoms with van der Waals surface area (Å²) >= 11 is 3.34. The van der Waals surface area contributed by atoms with Crippen molar-refractivity contribution in [3.63, 3.8) is 0 Å². The van der Waals surface area contributed by atoms with Crippen molar-refractivity contribution in [2.24, 2.45) is 5.92 Å². The first-order valence-corrected chi connectivity index (χ1v) is 6.42. The molecule has 0 heterocycles. The van der Waals surface area contributed by atoms with Crippen molar-refractivity contribution in [1.82, 2.24) is 0 Å². The molecular weight excluding hydrogens is 280 g/mol. The molecule has 0 fully saturated rings. The second-order valence-corrected chi connectivity index (χ2v) is 4.66. The number of halogens is 1. The molecule has 4 heteroatoms. The fourth-order valence-corrected chi connectivity index (χ4v) is 2.06. The highest BCUT2D eigenvalue weighted by molar-refractivity contribution is 9.10. The summed E-state index contributed by atoms with van der Waals surface area (Å²) in [7, 11) is 0. The number of benzene rings is 1. The number of rotatable bonds is 4. The van der Waals surface area contributed by atoms with Gasteiger partial charge in [0, 0.05) is 10.4 Å². The van der Waals surface area contributed by atoms with E-state index in [0.717, 1.165) is 17.3 Å². The lowest BCUT2D eigenvalue weighted by Crippen LogP contribution is -2.21. The second-order valence-electron chi connectivity index (χ2n) is 3.81. The molecule has 0 unspecified atom stereocenters. The predicted molar refractivity (Wildman–Crippen MR) is 71.6 cm³/mol. The van der Waals surface area contributed by atoms with Gasteiger partial charge in [0.2, 0.25) is 5.91 Å². The van der Waals surface area contributed by atoms with Crippen LogP contribution < -0.4 is 5.32 Å². The molecule has 0 atom stereocenters. The minimum atomic E-state index is 0.0282. The summed E-state index contributed by atoms with van der Waals surface area (Å²) in [4.78, 5) is 11.9. The molecule has 3 nitrogen and oxygen atoms in total. The van der Waals surface area contributed by atoms with E-state index >= 15 is 0 Å². The SMILES string of the molecule is CCC(CC)C(=O)Nc1ccc(C#N)cc1Br. The second kappa shape index (κ2) is 6.41. The molecule has 0 aliphatic rings. The van der Waals surface area contributed by atoms with E-state index in [9.17, 15) is 4.79 Å². The summed E-state index contributed by atoms with van der Waals surface area (Å²) in [6, 6.07) is 7.17. The number of nitrogens with zero attached hydrogens (tertiary/aromatic N) is 1. The number of hydrogen-bond acceptors (Lipinski definition) is 2. The van der Waals surface area contributed by atoms with Crippen LogP contribution in [-0.2, 0) is 4.79 Å². The van der Waals surface area contributed by atoms with E-state index in [1.165, 1.54) is 0 Å². The topological polar surface area (TPSA) is 52.9 Å². The third-order valence-electron chi connectivity index (χ3n) is 2.71. The van der Waals surface area contributed by atoms with E-state index in [1.54, 1.807) is 18.2 Å². The van der Waals surface area contributed by atoms with Gasteiger partial charge in [0.15, 0.2) is 0 Å². The number of anilines is 1. The summed E-state index contributed by atoms with van der Waals surface area (Å²) in [6.07, 6.45) is 1.66. The maximum Gasteiger partial charge on any atom is 0.227 e. The Bertz CT molecular complexity index is 447. The van der Waals surface area contributed by atoms with Gasteiger partial charge in [-0.25, -0.2) is 0 Å². The highest BCUT2D eigenvalue weighted by Gasteiger charge is 2.15. The lowest BCUT2D eigenvalue weighted by atomic mass is 10.0. The normalized spacial score (nSPS) is 10.1. The number of nitrogens with one attached hydrogen (secondary N) is 1. The minimum Gasteiger partial charge on any atom is -0.325 e. The monoisotopic (exact) mass is 294 g/mol. The summed E-state index contributed by atoms with van der Waals surface area (Å²) in [5.41, 5.74) is 1.28. The number of nitriles is 1. The van der Waals surface area contributed by atoms with E-state index < -0.39 is 0 Å². The maximum atomic E-state index is 11.9. The molecule has 1 amide bonds. The minimum absolute atomic E-state index is 0.0282. The fourth-order valence-electron chi connectivity index (χ4n) is 1.58. The first kappa shape index (κ1) is 13.7. The zero-order valence-corrected chi connectivity index (χ0v) is 11.5. The molecule has 90 valence electrons. The molecule has 1 aromatic rings. The van der Waals surface area contributed by atoms with Crippen LogP contribution in [0.4, 0.5) is 5.69 Å². The van der Waals surface area contributed by atoms with Crippen LogP contribution in [0.15, 0.2) is 22.7 Å². The number of carbonyl (C=O) groups excluding carboxylic acids is 1. The largest absolute Gasteiger partial charge is 0.325 e. The third kappa shape index (κ3) is 3.57. The standard InChI is InChI=1S/C13H15BrN2O/c1-3-10(4-2)13(17)16-12-6-5-9(8-15)7-11(12)14/h5-7,10H,3-4H2,1-2H3,(H,16,17). The van der Waals surface area contributed by atoms with Gasteiger partial charge in [-0.3, -0.25) is 4.79 Å². The van der Waals surface area contributed by atoms with Crippen molar-refractivity contribution in [2.75, 3.05) is 5.32 Å². The highest BCUT2D eigenvalue weighted by atomic mass is 79.9. The van der Waals surface area contributed by atoms with Crippen LogP contribution in [0.2, 0.25) is 0 Å². The molecule has 1 rings (SSSR count). The Hall–Kier alpha value is -1.34.